The van der Waals surface area contributed by atoms with Gasteiger partial charge in [0.1, 0.15) is 6.29 Å². The van der Waals surface area contributed by atoms with Crippen LogP contribution >= 0.6 is 0 Å². The molecule has 194 valence electrons. The van der Waals surface area contributed by atoms with Crippen LogP contribution < -0.4 is 5.32 Å². The van der Waals surface area contributed by atoms with Gasteiger partial charge in [0.25, 0.3) is 0 Å². The van der Waals surface area contributed by atoms with E-state index in [9.17, 15) is 18.0 Å². The second-order valence-corrected chi connectivity index (χ2v) is 8.82. The molecule has 0 aromatic carbocycles. The minimum atomic E-state index is -4.07. The van der Waals surface area contributed by atoms with Crippen LogP contribution in [0.5, 0.6) is 0 Å². The Morgan fingerprint density at radius 1 is 1.26 bits per heavy atom. The van der Waals surface area contributed by atoms with E-state index in [0.29, 0.717) is 38.0 Å². The molecule has 1 N–H and O–H groups in total. The Hall–Kier alpha value is -2.61. The first-order chi connectivity index (χ1) is 16.7. The van der Waals surface area contributed by atoms with E-state index in [1.165, 1.54) is 5.70 Å². The van der Waals surface area contributed by atoms with Gasteiger partial charge in [0.2, 0.25) is 0 Å². The maximum absolute atomic E-state index is 11.9. The fraction of sp³-hybridized carbons (Fsp3) is 0.556. The van der Waals surface area contributed by atoms with E-state index in [1.54, 1.807) is 4.90 Å². The minimum absolute atomic E-state index is 0.0529. The number of alkyl halides is 3. The van der Waals surface area contributed by atoms with Crippen LogP contribution in [-0.2, 0) is 4.79 Å². The van der Waals surface area contributed by atoms with Crippen LogP contribution in [0.15, 0.2) is 30.5 Å². The van der Waals surface area contributed by atoms with Gasteiger partial charge >= 0.3 is 6.18 Å². The summed E-state index contributed by atoms with van der Waals surface area (Å²) in [6.07, 6.45) is 3.69. The Balaban J connectivity index is 0.000000241. The molecule has 8 heteroatoms. The highest BCUT2D eigenvalue weighted by atomic mass is 19.4. The Morgan fingerprint density at radius 3 is 2.37 bits per heavy atom. The number of fused-ring (bicyclic) bond motifs is 1. The van der Waals surface area contributed by atoms with Crippen molar-refractivity contribution in [3.8, 4) is 0 Å². The third-order valence-corrected chi connectivity index (χ3v) is 6.49. The molecule has 0 bridgehead atoms. The molecule has 0 aliphatic carbocycles. The van der Waals surface area contributed by atoms with Gasteiger partial charge in [-0.1, -0.05) is 32.6 Å². The standard InChI is InChI=1S/C16H19N3.C9H14F3NO.C2H6/c1-5-12-6-7-13(16-9-15-11(3)19(15)16)18-14(12)8-10(2)17-4;10-9(11,12)3-6-13-4-1-8(7-14)2-5-13;1-2/h5-9,11,15,17H,1H2,2-4H3;7-8H,1-6H2;1-2H3/b10-8+;;. The predicted octanol–water partition coefficient (Wildman–Crippen LogP) is 5.61. The van der Waals surface area contributed by atoms with Crippen molar-refractivity contribution >= 4 is 24.1 Å². The molecule has 0 radical (unpaired) electrons. The summed E-state index contributed by atoms with van der Waals surface area (Å²) in [6, 6.07) is 5.49. The quantitative estimate of drug-likeness (QED) is 0.396. The van der Waals surface area contributed by atoms with Gasteiger partial charge in [-0.15, -0.1) is 0 Å². The van der Waals surface area contributed by atoms with Crippen molar-refractivity contribution in [2.75, 3.05) is 26.7 Å². The molecule has 2 atom stereocenters. The number of rotatable bonds is 7. The predicted molar refractivity (Wildman–Crippen MR) is 137 cm³/mol. The smallest absolute Gasteiger partial charge is 0.390 e. The number of carbonyl (C=O) groups excluding carboxylic acids is 1. The summed E-state index contributed by atoms with van der Waals surface area (Å²) in [5.74, 6) is 0.0529. The number of halogens is 3. The first-order valence-corrected chi connectivity index (χ1v) is 12.4. The first kappa shape index (κ1) is 28.6. The zero-order valence-corrected chi connectivity index (χ0v) is 21.5. The molecule has 5 nitrogen and oxygen atoms in total. The molecule has 35 heavy (non-hydrogen) atoms. The number of likely N-dealkylation sites (tertiary alicyclic amines) is 1. The Bertz CT molecular complexity index is 917. The van der Waals surface area contributed by atoms with Crippen LogP contribution in [0.4, 0.5) is 13.2 Å². The van der Waals surface area contributed by atoms with Crippen LogP contribution in [0.1, 0.15) is 63.9 Å². The molecular weight excluding hydrogens is 453 g/mol. The van der Waals surface area contributed by atoms with Gasteiger partial charge in [0.05, 0.1) is 35.6 Å². The number of aromatic nitrogens is 1. The number of hydrogen-bond donors (Lipinski definition) is 1. The lowest BCUT2D eigenvalue weighted by Crippen LogP contribution is -2.36. The van der Waals surface area contributed by atoms with Crippen LogP contribution in [0.2, 0.25) is 0 Å². The molecular formula is C27H39F3N4O. The molecule has 0 amide bonds. The van der Waals surface area contributed by atoms with Crippen molar-refractivity contribution in [2.24, 2.45) is 5.92 Å². The van der Waals surface area contributed by atoms with Crippen molar-refractivity contribution in [1.82, 2.24) is 20.1 Å². The molecule has 1 aromatic rings. The molecule has 3 aliphatic heterocycles. The molecule has 2 saturated heterocycles. The number of pyridine rings is 1. The number of aldehydes is 1. The Kier molecular flexibility index (Phi) is 10.6. The zero-order valence-electron chi connectivity index (χ0n) is 21.5. The summed E-state index contributed by atoms with van der Waals surface area (Å²) >= 11 is 0. The largest absolute Gasteiger partial charge is 0.392 e. The Labute approximate surface area is 207 Å². The van der Waals surface area contributed by atoms with Crippen molar-refractivity contribution in [3.05, 3.63) is 47.4 Å². The first-order valence-electron chi connectivity index (χ1n) is 12.4. The topological polar surface area (TPSA) is 48.2 Å². The molecule has 1 aromatic heterocycles. The van der Waals surface area contributed by atoms with E-state index in [2.05, 4.69) is 48.0 Å². The molecule has 2 fully saturated rings. The number of nitrogens with zero attached hydrogens (tertiary/aromatic N) is 3. The van der Waals surface area contributed by atoms with Crippen molar-refractivity contribution in [3.63, 3.8) is 0 Å². The maximum Gasteiger partial charge on any atom is 0.390 e. The summed E-state index contributed by atoms with van der Waals surface area (Å²) in [6.45, 7) is 13.4. The third kappa shape index (κ3) is 7.95. The molecule has 3 aliphatic rings. The lowest BCUT2D eigenvalue weighted by molar-refractivity contribution is -0.139. The summed E-state index contributed by atoms with van der Waals surface area (Å²) < 4.78 is 35.6. The van der Waals surface area contributed by atoms with E-state index in [4.69, 9.17) is 4.98 Å². The van der Waals surface area contributed by atoms with Gasteiger partial charge in [0.15, 0.2) is 0 Å². The van der Waals surface area contributed by atoms with E-state index >= 15 is 0 Å². The fourth-order valence-corrected chi connectivity index (χ4v) is 4.15. The van der Waals surface area contributed by atoms with Crippen LogP contribution in [0.25, 0.3) is 17.8 Å². The number of allylic oxidation sites excluding steroid dienone is 1. The molecule has 0 saturated carbocycles. The summed E-state index contributed by atoms with van der Waals surface area (Å²) in [7, 11) is 1.92. The van der Waals surface area contributed by atoms with Crippen molar-refractivity contribution in [1.29, 1.82) is 0 Å². The lowest BCUT2D eigenvalue weighted by Gasteiger charge is -2.29. The second-order valence-electron chi connectivity index (χ2n) is 8.82. The van der Waals surface area contributed by atoms with Gasteiger partial charge < -0.3 is 19.9 Å². The monoisotopic (exact) mass is 492 g/mol. The van der Waals surface area contributed by atoms with Crippen molar-refractivity contribution in [2.45, 2.75) is 65.2 Å². The molecule has 2 unspecified atom stereocenters. The number of nitrogens with one attached hydrogen (secondary N) is 1. The van der Waals surface area contributed by atoms with Gasteiger partial charge in [-0.25, -0.2) is 4.98 Å². The maximum atomic E-state index is 11.9. The number of piperidine rings is 1. The zero-order chi connectivity index (χ0) is 26.2. The molecule has 0 spiro atoms. The molecule has 4 rings (SSSR count). The van der Waals surface area contributed by atoms with E-state index < -0.39 is 12.6 Å². The Morgan fingerprint density at radius 2 is 1.91 bits per heavy atom. The van der Waals surface area contributed by atoms with Crippen LogP contribution in [0.3, 0.4) is 0 Å². The van der Waals surface area contributed by atoms with E-state index in [0.717, 1.165) is 28.9 Å². The summed E-state index contributed by atoms with van der Waals surface area (Å²) in [5, 5.41) is 3.13. The number of hydrogen-bond acceptors (Lipinski definition) is 5. The fourth-order valence-electron chi connectivity index (χ4n) is 4.15. The van der Waals surface area contributed by atoms with Crippen LogP contribution in [-0.4, -0.2) is 66.0 Å². The molecule has 4 heterocycles. The average Bonchev–Trinajstić information content (AvgIpc) is 3.36. The summed E-state index contributed by atoms with van der Waals surface area (Å²) in [4.78, 5) is 19.3. The third-order valence-electron chi connectivity index (χ3n) is 6.49. The second kappa shape index (κ2) is 12.9. The average molecular weight is 493 g/mol. The van der Waals surface area contributed by atoms with Crippen molar-refractivity contribution < 1.29 is 18.0 Å². The van der Waals surface area contributed by atoms with Gasteiger partial charge in [0, 0.05) is 25.2 Å². The SMILES string of the molecule is C=Cc1ccc(C2=CC3C(C)N23)nc1/C=C(\C)NC.CC.O=CC1CCN(CCC(F)(F)F)CC1. The van der Waals surface area contributed by atoms with Gasteiger partial charge in [-0.3, -0.25) is 0 Å². The van der Waals surface area contributed by atoms with E-state index in [1.807, 2.05) is 33.9 Å². The van der Waals surface area contributed by atoms with Crippen LogP contribution in [0, 0.1) is 5.92 Å². The highest BCUT2D eigenvalue weighted by Gasteiger charge is 2.51. The van der Waals surface area contributed by atoms with Gasteiger partial charge in [-0.05, 0) is 63.6 Å². The minimum Gasteiger partial charge on any atom is -0.392 e. The number of carbonyl (C=O) groups is 1. The lowest BCUT2D eigenvalue weighted by atomic mass is 9.98. The highest BCUT2D eigenvalue weighted by Crippen LogP contribution is 2.47. The normalized spacial score (nSPS) is 21.8. The van der Waals surface area contributed by atoms with E-state index in [-0.39, 0.29) is 12.5 Å². The van der Waals surface area contributed by atoms with Gasteiger partial charge in [-0.2, -0.15) is 13.2 Å². The summed E-state index contributed by atoms with van der Waals surface area (Å²) in [5.41, 5.74) is 5.45. The highest BCUT2D eigenvalue weighted by molar-refractivity contribution is 5.75.